The van der Waals surface area contributed by atoms with Crippen molar-refractivity contribution in [1.82, 2.24) is 0 Å². The van der Waals surface area contributed by atoms with Gasteiger partial charge in [0.25, 0.3) is 5.91 Å². The Morgan fingerprint density at radius 1 is 1.25 bits per heavy atom. The van der Waals surface area contributed by atoms with E-state index >= 15 is 0 Å². The second-order valence-electron chi connectivity index (χ2n) is 4.64. The Morgan fingerprint density at radius 3 is 2.60 bits per heavy atom. The summed E-state index contributed by atoms with van der Waals surface area (Å²) < 4.78 is 5.52. The number of anilines is 1. The quantitative estimate of drug-likeness (QED) is 0.927. The van der Waals surface area contributed by atoms with Crippen molar-refractivity contribution in [3.05, 3.63) is 47.4 Å². The van der Waals surface area contributed by atoms with Gasteiger partial charge in [0.15, 0.2) is 5.76 Å². The molecule has 0 saturated carbocycles. The van der Waals surface area contributed by atoms with Crippen LogP contribution in [0.4, 0.5) is 5.69 Å². The minimum absolute atomic E-state index is 0.144. The number of aromatic hydroxyl groups is 1. The van der Waals surface area contributed by atoms with Gasteiger partial charge in [-0.25, -0.2) is 0 Å². The van der Waals surface area contributed by atoms with Gasteiger partial charge in [-0.2, -0.15) is 0 Å². The zero-order valence-electron chi connectivity index (χ0n) is 12.0. The maximum absolute atomic E-state index is 12.5. The van der Waals surface area contributed by atoms with Crippen LogP contribution < -0.4 is 4.90 Å². The molecule has 0 unspecified atom stereocenters. The first-order valence-corrected chi connectivity index (χ1v) is 6.77. The highest BCUT2D eigenvalue weighted by atomic mass is 16.4. The van der Waals surface area contributed by atoms with Crippen molar-refractivity contribution in [2.24, 2.45) is 0 Å². The molecule has 0 radical (unpaired) electrons. The molecule has 0 spiro atoms. The number of hydrogen-bond acceptors (Lipinski definition) is 3. The van der Waals surface area contributed by atoms with Crippen LogP contribution in [-0.4, -0.2) is 17.6 Å². The fourth-order valence-corrected chi connectivity index (χ4v) is 2.13. The molecule has 0 bridgehead atoms. The first kappa shape index (κ1) is 14.2. The van der Waals surface area contributed by atoms with Crippen LogP contribution in [0.25, 0.3) is 0 Å². The maximum atomic E-state index is 12.5. The van der Waals surface area contributed by atoms with Crippen molar-refractivity contribution < 1.29 is 14.3 Å². The molecule has 0 saturated heterocycles. The Labute approximate surface area is 118 Å². The van der Waals surface area contributed by atoms with Gasteiger partial charge in [-0.1, -0.05) is 13.0 Å². The number of hydrogen-bond donors (Lipinski definition) is 1. The molecular formula is C16H19NO3. The van der Waals surface area contributed by atoms with E-state index in [0.29, 0.717) is 18.0 Å². The number of phenolic OH excluding ortho intramolecular Hbond substituents is 1. The number of rotatable bonds is 4. The molecule has 0 aliphatic carbocycles. The van der Waals surface area contributed by atoms with Gasteiger partial charge in [0.1, 0.15) is 11.5 Å². The number of nitrogens with zero attached hydrogens (tertiary/aromatic N) is 1. The molecule has 4 nitrogen and oxygen atoms in total. The topological polar surface area (TPSA) is 53.7 Å². The highest BCUT2D eigenvalue weighted by molar-refractivity contribution is 6.04. The maximum Gasteiger partial charge on any atom is 0.293 e. The average molecular weight is 273 g/mol. The van der Waals surface area contributed by atoms with Gasteiger partial charge in [-0.15, -0.1) is 0 Å². The second kappa shape index (κ2) is 5.82. The molecule has 0 aliphatic heterocycles. The van der Waals surface area contributed by atoms with E-state index in [-0.39, 0.29) is 11.7 Å². The Morgan fingerprint density at radius 2 is 2.00 bits per heavy atom. The van der Waals surface area contributed by atoms with Crippen molar-refractivity contribution in [2.75, 3.05) is 11.4 Å². The molecule has 0 atom stereocenters. The van der Waals surface area contributed by atoms with Gasteiger partial charge < -0.3 is 14.4 Å². The second-order valence-corrected chi connectivity index (χ2v) is 4.64. The third-order valence-corrected chi connectivity index (χ3v) is 3.27. The number of carbonyl (C=O) groups is 1. The van der Waals surface area contributed by atoms with Gasteiger partial charge in [-0.3, -0.25) is 4.79 Å². The molecule has 1 aromatic carbocycles. The molecular weight excluding hydrogens is 254 g/mol. The molecule has 0 aliphatic rings. The molecule has 1 N–H and O–H groups in total. The molecule has 4 heteroatoms. The van der Waals surface area contributed by atoms with Crippen molar-refractivity contribution >= 4 is 11.6 Å². The van der Waals surface area contributed by atoms with E-state index in [1.165, 1.54) is 0 Å². The third-order valence-electron chi connectivity index (χ3n) is 3.27. The standard InChI is InChI=1S/C16H19NO3/c1-4-13-8-9-15(20-13)16(19)17(5-2)14-10-12(18)7-6-11(14)3/h6-10,18H,4-5H2,1-3H3. The summed E-state index contributed by atoms with van der Waals surface area (Å²) in [5.41, 5.74) is 1.63. The van der Waals surface area contributed by atoms with Crippen molar-refractivity contribution in [3.8, 4) is 5.75 Å². The highest BCUT2D eigenvalue weighted by Gasteiger charge is 2.21. The lowest BCUT2D eigenvalue weighted by atomic mass is 10.1. The van der Waals surface area contributed by atoms with Gasteiger partial charge in [0.05, 0.1) is 5.69 Å². The van der Waals surface area contributed by atoms with Gasteiger partial charge in [0, 0.05) is 19.0 Å². The summed E-state index contributed by atoms with van der Waals surface area (Å²) in [6.07, 6.45) is 0.755. The Bertz CT molecular complexity index is 616. The summed E-state index contributed by atoms with van der Waals surface area (Å²) in [5, 5.41) is 9.62. The lowest BCUT2D eigenvalue weighted by molar-refractivity contribution is 0.0960. The number of furan rings is 1. The zero-order valence-corrected chi connectivity index (χ0v) is 12.0. The number of carbonyl (C=O) groups excluding carboxylic acids is 1. The van der Waals surface area contributed by atoms with Crippen molar-refractivity contribution in [2.45, 2.75) is 27.2 Å². The number of aryl methyl sites for hydroxylation is 2. The summed E-state index contributed by atoms with van der Waals surface area (Å²) in [6.45, 7) is 6.28. The van der Waals surface area contributed by atoms with Crippen LogP contribution in [0.1, 0.15) is 35.7 Å². The van der Waals surface area contributed by atoms with E-state index in [1.54, 1.807) is 29.2 Å². The SMILES string of the molecule is CCc1ccc(C(=O)N(CC)c2cc(O)ccc2C)o1. The minimum atomic E-state index is -0.194. The first-order valence-electron chi connectivity index (χ1n) is 6.77. The molecule has 1 amide bonds. The number of amides is 1. The molecule has 20 heavy (non-hydrogen) atoms. The summed E-state index contributed by atoms with van der Waals surface area (Å²) in [5.74, 6) is 1.06. The Hall–Kier alpha value is -2.23. The predicted octanol–water partition coefficient (Wildman–Crippen LogP) is 3.52. The normalized spacial score (nSPS) is 10.6. The number of phenols is 1. The largest absolute Gasteiger partial charge is 0.508 e. The van der Waals surface area contributed by atoms with E-state index in [1.807, 2.05) is 26.8 Å². The summed E-state index contributed by atoms with van der Waals surface area (Å²) in [4.78, 5) is 14.1. The van der Waals surface area contributed by atoms with E-state index in [9.17, 15) is 9.90 Å². The molecule has 2 aromatic rings. The van der Waals surface area contributed by atoms with Gasteiger partial charge in [-0.05, 0) is 37.6 Å². The van der Waals surface area contributed by atoms with E-state index in [0.717, 1.165) is 17.7 Å². The van der Waals surface area contributed by atoms with E-state index < -0.39 is 0 Å². The average Bonchev–Trinajstić information content (AvgIpc) is 2.92. The molecule has 1 heterocycles. The van der Waals surface area contributed by atoms with E-state index in [4.69, 9.17) is 4.42 Å². The Balaban J connectivity index is 2.36. The molecule has 1 aromatic heterocycles. The van der Waals surface area contributed by atoms with E-state index in [2.05, 4.69) is 0 Å². The lowest BCUT2D eigenvalue weighted by Crippen LogP contribution is -2.30. The van der Waals surface area contributed by atoms with Crippen molar-refractivity contribution in [1.29, 1.82) is 0 Å². The molecule has 2 rings (SSSR count). The summed E-state index contributed by atoms with van der Waals surface area (Å²) in [7, 11) is 0. The smallest absolute Gasteiger partial charge is 0.293 e. The van der Waals surface area contributed by atoms with Crippen LogP contribution in [0, 0.1) is 6.92 Å². The fourth-order valence-electron chi connectivity index (χ4n) is 2.13. The Kier molecular flexibility index (Phi) is 4.13. The van der Waals surface area contributed by atoms with Crippen LogP contribution in [0.2, 0.25) is 0 Å². The van der Waals surface area contributed by atoms with Crippen LogP contribution in [-0.2, 0) is 6.42 Å². The molecule has 0 fully saturated rings. The van der Waals surface area contributed by atoms with Crippen LogP contribution in [0.5, 0.6) is 5.75 Å². The van der Waals surface area contributed by atoms with Gasteiger partial charge in [0.2, 0.25) is 0 Å². The first-order chi connectivity index (χ1) is 9.56. The fraction of sp³-hybridized carbons (Fsp3) is 0.312. The molecule has 106 valence electrons. The van der Waals surface area contributed by atoms with Crippen LogP contribution in [0.3, 0.4) is 0 Å². The minimum Gasteiger partial charge on any atom is -0.508 e. The third kappa shape index (κ3) is 2.69. The van der Waals surface area contributed by atoms with Crippen molar-refractivity contribution in [3.63, 3.8) is 0 Å². The predicted molar refractivity (Wildman–Crippen MR) is 78.3 cm³/mol. The summed E-state index contributed by atoms with van der Waals surface area (Å²) in [6, 6.07) is 8.51. The highest BCUT2D eigenvalue weighted by Crippen LogP contribution is 2.26. The van der Waals surface area contributed by atoms with Gasteiger partial charge >= 0.3 is 0 Å². The van der Waals surface area contributed by atoms with Crippen LogP contribution >= 0.6 is 0 Å². The number of benzene rings is 1. The monoisotopic (exact) mass is 273 g/mol. The lowest BCUT2D eigenvalue weighted by Gasteiger charge is -2.22. The zero-order chi connectivity index (χ0) is 14.7. The summed E-state index contributed by atoms with van der Waals surface area (Å²) >= 11 is 0. The van der Waals surface area contributed by atoms with Crippen LogP contribution in [0.15, 0.2) is 34.7 Å².